The van der Waals surface area contributed by atoms with Gasteiger partial charge in [0.1, 0.15) is 5.52 Å². The maximum Gasteiger partial charge on any atom is 0.197 e. The number of aromatic nitrogens is 1. The summed E-state index contributed by atoms with van der Waals surface area (Å²) in [6.45, 7) is 3.03. The Kier molecular flexibility index (Phi) is 3.79. The van der Waals surface area contributed by atoms with Gasteiger partial charge in [0, 0.05) is 12.5 Å². The molecule has 1 aromatic heterocycles. The van der Waals surface area contributed by atoms with Crippen LogP contribution >= 0.6 is 0 Å². The Morgan fingerprint density at radius 3 is 2.55 bits per heavy atom. The highest BCUT2D eigenvalue weighted by Gasteiger charge is 2.14. The van der Waals surface area contributed by atoms with Crippen LogP contribution in [0, 0.1) is 0 Å². The minimum atomic E-state index is 0.231. The van der Waals surface area contributed by atoms with Crippen LogP contribution in [0.25, 0.3) is 11.1 Å². The minimum Gasteiger partial charge on any atom is -0.441 e. The van der Waals surface area contributed by atoms with Gasteiger partial charge >= 0.3 is 0 Å². The minimum absolute atomic E-state index is 0.231. The van der Waals surface area contributed by atoms with Crippen molar-refractivity contribution in [2.24, 2.45) is 0 Å². The lowest BCUT2D eigenvalue weighted by atomic mass is 10.0. The number of nitrogens with one attached hydrogen (secondary N) is 1. The van der Waals surface area contributed by atoms with Gasteiger partial charge in [-0.25, -0.2) is 4.98 Å². The normalized spacial score (nSPS) is 12.7. The largest absolute Gasteiger partial charge is 0.441 e. The molecule has 1 unspecified atom stereocenters. The highest BCUT2D eigenvalue weighted by atomic mass is 16.3. The summed E-state index contributed by atoms with van der Waals surface area (Å²) in [6.07, 6.45) is 0.756. The van der Waals surface area contributed by atoms with Crippen LogP contribution in [-0.2, 0) is 6.42 Å². The van der Waals surface area contributed by atoms with E-state index in [4.69, 9.17) is 4.42 Å². The Hall–Kier alpha value is -2.13. The first kappa shape index (κ1) is 12.9. The van der Waals surface area contributed by atoms with Crippen LogP contribution in [0.5, 0.6) is 0 Å². The van der Waals surface area contributed by atoms with E-state index in [0.29, 0.717) is 0 Å². The molecule has 1 atom stereocenters. The molecule has 3 rings (SSSR count). The number of hydrogen-bond donors (Lipinski definition) is 1. The summed E-state index contributed by atoms with van der Waals surface area (Å²) in [5.41, 5.74) is 3.04. The summed E-state index contributed by atoms with van der Waals surface area (Å²) in [4.78, 5) is 4.55. The molecular formula is C17H18N2O. The van der Waals surface area contributed by atoms with Crippen LogP contribution in [0.2, 0.25) is 0 Å². The van der Waals surface area contributed by atoms with E-state index in [2.05, 4.69) is 41.5 Å². The fourth-order valence-corrected chi connectivity index (χ4v) is 2.42. The number of para-hydroxylation sites is 2. The predicted octanol–water partition coefficient (Wildman–Crippen LogP) is 3.72. The Balaban J connectivity index is 1.86. The molecule has 3 heteroatoms. The standard InChI is InChI=1S/C17H18N2O/c1-2-18-15(13-8-4-3-5-9-13)12-17-19-14-10-6-7-11-16(14)20-17/h3-11,15,18H,2,12H2,1H3. The summed E-state index contributed by atoms with van der Waals surface area (Å²) >= 11 is 0. The van der Waals surface area contributed by atoms with Gasteiger partial charge in [-0.2, -0.15) is 0 Å². The van der Waals surface area contributed by atoms with Crippen molar-refractivity contribution in [1.29, 1.82) is 0 Å². The summed E-state index contributed by atoms with van der Waals surface area (Å²) in [6, 6.07) is 18.5. The van der Waals surface area contributed by atoms with E-state index >= 15 is 0 Å². The van der Waals surface area contributed by atoms with Crippen molar-refractivity contribution in [1.82, 2.24) is 10.3 Å². The zero-order valence-corrected chi connectivity index (χ0v) is 11.5. The average molecular weight is 266 g/mol. The lowest BCUT2D eigenvalue weighted by Gasteiger charge is -2.16. The first-order chi connectivity index (χ1) is 9.86. The Morgan fingerprint density at radius 1 is 1.05 bits per heavy atom. The molecule has 0 bridgehead atoms. The van der Waals surface area contributed by atoms with E-state index in [-0.39, 0.29) is 6.04 Å². The Bertz CT molecular complexity index is 643. The van der Waals surface area contributed by atoms with Gasteiger partial charge in [0.25, 0.3) is 0 Å². The van der Waals surface area contributed by atoms with Crippen molar-refractivity contribution in [2.45, 2.75) is 19.4 Å². The van der Waals surface area contributed by atoms with Gasteiger partial charge in [-0.3, -0.25) is 0 Å². The number of likely N-dealkylation sites (N-methyl/N-ethyl adjacent to an activating group) is 1. The third kappa shape index (κ3) is 2.73. The lowest BCUT2D eigenvalue weighted by molar-refractivity contribution is 0.460. The number of rotatable bonds is 5. The van der Waals surface area contributed by atoms with Crippen molar-refractivity contribution < 1.29 is 4.42 Å². The van der Waals surface area contributed by atoms with Gasteiger partial charge in [0.2, 0.25) is 0 Å². The van der Waals surface area contributed by atoms with Crippen LogP contribution in [-0.4, -0.2) is 11.5 Å². The molecule has 2 aromatic carbocycles. The van der Waals surface area contributed by atoms with Crippen molar-refractivity contribution >= 4 is 11.1 Å². The van der Waals surface area contributed by atoms with Gasteiger partial charge in [0.15, 0.2) is 11.5 Å². The molecule has 102 valence electrons. The van der Waals surface area contributed by atoms with Crippen molar-refractivity contribution in [3.05, 3.63) is 66.1 Å². The summed E-state index contributed by atoms with van der Waals surface area (Å²) < 4.78 is 5.82. The molecule has 0 radical (unpaired) electrons. The molecule has 3 nitrogen and oxygen atoms in total. The van der Waals surface area contributed by atoms with Gasteiger partial charge in [-0.15, -0.1) is 0 Å². The van der Waals surface area contributed by atoms with Crippen molar-refractivity contribution in [3.63, 3.8) is 0 Å². The summed E-state index contributed by atoms with van der Waals surface area (Å²) in [7, 11) is 0. The molecule has 0 aliphatic carbocycles. The van der Waals surface area contributed by atoms with Crippen molar-refractivity contribution in [2.75, 3.05) is 6.54 Å². The van der Waals surface area contributed by atoms with E-state index in [1.807, 2.05) is 30.3 Å². The molecule has 0 amide bonds. The highest BCUT2D eigenvalue weighted by Crippen LogP contribution is 2.21. The molecule has 0 fully saturated rings. The zero-order chi connectivity index (χ0) is 13.8. The summed E-state index contributed by atoms with van der Waals surface area (Å²) in [5, 5.41) is 3.49. The summed E-state index contributed by atoms with van der Waals surface area (Å²) in [5.74, 6) is 0.779. The first-order valence-corrected chi connectivity index (χ1v) is 6.99. The van der Waals surface area contributed by atoms with Crippen molar-refractivity contribution in [3.8, 4) is 0 Å². The van der Waals surface area contributed by atoms with Gasteiger partial charge in [-0.05, 0) is 24.2 Å². The topological polar surface area (TPSA) is 38.1 Å². The second-order valence-corrected chi connectivity index (χ2v) is 4.80. The third-order valence-corrected chi connectivity index (χ3v) is 3.37. The highest BCUT2D eigenvalue weighted by molar-refractivity contribution is 5.72. The molecule has 0 saturated heterocycles. The molecule has 0 spiro atoms. The van der Waals surface area contributed by atoms with E-state index in [1.54, 1.807) is 0 Å². The number of benzene rings is 2. The van der Waals surface area contributed by atoms with Crippen LogP contribution in [0.4, 0.5) is 0 Å². The smallest absolute Gasteiger partial charge is 0.197 e. The molecule has 1 N–H and O–H groups in total. The van der Waals surface area contributed by atoms with Crippen LogP contribution in [0.3, 0.4) is 0 Å². The van der Waals surface area contributed by atoms with Crippen LogP contribution in [0.15, 0.2) is 59.0 Å². The van der Waals surface area contributed by atoms with E-state index < -0.39 is 0 Å². The van der Waals surface area contributed by atoms with E-state index in [0.717, 1.165) is 30.0 Å². The van der Waals surface area contributed by atoms with E-state index in [1.165, 1.54) is 5.56 Å². The fraction of sp³-hybridized carbons (Fsp3) is 0.235. The van der Waals surface area contributed by atoms with Gasteiger partial charge in [-0.1, -0.05) is 49.4 Å². The number of fused-ring (bicyclic) bond motifs is 1. The van der Waals surface area contributed by atoms with Crippen LogP contribution < -0.4 is 5.32 Å². The number of oxazole rings is 1. The maximum absolute atomic E-state index is 5.82. The maximum atomic E-state index is 5.82. The van der Waals surface area contributed by atoms with Crippen LogP contribution in [0.1, 0.15) is 24.4 Å². The quantitative estimate of drug-likeness (QED) is 0.764. The fourth-order valence-electron chi connectivity index (χ4n) is 2.42. The third-order valence-electron chi connectivity index (χ3n) is 3.37. The molecule has 0 saturated carbocycles. The zero-order valence-electron chi connectivity index (χ0n) is 11.5. The molecular weight excluding hydrogens is 248 g/mol. The SMILES string of the molecule is CCNC(Cc1nc2ccccc2o1)c1ccccc1. The monoisotopic (exact) mass is 266 g/mol. The van der Waals surface area contributed by atoms with E-state index in [9.17, 15) is 0 Å². The second kappa shape index (κ2) is 5.88. The lowest BCUT2D eigenvalue weighted by Crippen LogP contribution is -2.23. The Labute approximate surface area is 118 Å². The number of hydrogen-bond acceptors (Lipinski definition) is 3. The van der Waals surface area contributed by atoms with Gasteiger partial charge in [0.05, 0.1) is 0 Å². The first-order valence-electron chi connectivity index (χ1n) is 6.99. The second-order valence-electron chi connectivity index (χ2n) is 4.80. The van der Waals surface area contributed by atoms with Gasteiger partial charge < -0.3 is 9.73 Å². The average Bonchev–Trinajstić information content (AvgIpc) is 2.90. The molecule has 20 heavy (non-hydrogen) atoms. The molecule has 1 heterocycles. The Morgan fingerprint density at radius 2 is 1.80 bits per heavy atom. The molecule has 0 aliphatic rings. The predicted molar refractivity (Wildman–Crippen MR) is 80.6 cm³/mol. The molecule has 0 aliphatic heterocycles. The molecule has 3 aromatic rings. The number of nitrogens with zero attached hydrogens (tertiary/aromatic N) is 1.